The molecule has 1 saturated carbocycles. The summed E-state index contributed by atoms with van der Waals surface area (Å²) in [6, 6.07) is 2.61. The topological polar surface area (TPSA) is 29.3 Å². The Bertz CT molecular complexity index is 291. The molecule has 90 valence electrons. The first-order valence-electron chi connectivity index (χ1n) is 6.23. The molecular formula is C13H22N2S. The van der Waals surface area contributed by atoms with E-state index in [2.05, 4.69) is 28.8 Å². The Kier molecular flexibility index (Phi) is 4.38. The molecule has 2 N–H and O–H groups in total. The molecule has 2 rings (SSSR count). The summed E-state index contributed by atoms with van der Waals surface area (Å²) in [6.07, 6.45) is 5.66. The van der Waals surface area contributed by atoms with Crippen molar-refractivity contribution in [2.24, 2.45) is 11.7 Å². The Morgan fingerprint density at radius 2 is 2.25 bits per heavy atom. The minimum absolute atomic E-state index is 0.409. The summed E-state index contributed by atoms with van der Waals surface area (Å²) < 4.78 is 0. The zero-order chi connectivity index (χ0) is 11.4. The molecule has 3 heteroatoms. The second-order valence-electron chi connectivity index (χ2n) is 4.90. The van der Waals surface area contributed by atoms with Crippen LogP contribution in [0, 0.1) is 5.92 Å². The molecule has 1 aromatic rings. The SMILES string of the molecule is CN(CC1CCCC1)C(CN)c1ccsc1. The van der Waals surface area contributed by atoms with Crippen molar-refractivity contribution in [3.8, 4) is 0 Å². The molecule has 0 saturated heterocycles. The van der Waals surface area contributed by atoms with Crippen LogP contribution in [0.25, 0.3) is 0 Å². The predicted octanol–water partition coefficient (Wildman–Crippen LogP) is 2.87. The van der Waals surface area contributed by atoms with Gasteiger partial charge in [0.25, 0.3) is 0 Å². The number of rotatable bonds is 5. The number of thiophene rings is 1. The van der Waals surface area contributed by atoms with Gasteiger partial charge < -0.3 is 5.73 Å². The average molecular weight is 238 g/mol. The van der Waals surface area contributed by atoms with Gasteiger partial charge in [0.15, 0.2) is 0 Å². The first kappa shape index (κ1) is 12.1. The molecule has 0 aliphatic heterocycles. The molecule has 0 radical (unpaired) electrons. The maximum Gasteiger partial charge on any atom is 0.0475 e. The second-order valence-corrected chi connectivity index (χ2v) is 5.68. The van der Waals surface area contributed by atoms with Crippen molar-refractivity contribution in [3.05, 3.63) is 22.4 Å². The minimum atomic E-state index is 0.409. The Morgan fingerprint density at radius 3 is 2.81 bits per heavy atom. The van der Waals surface area contributed by atoms with E-state index in [0.717, 1.165) is 12.5 Å². The van der Waals surface area contributed by atoms with Crippen molar-refractivity contribution < 1.29 is 0 Å². The van der Waals surface area contributed by atoms with Gasteiger partial charge in [-0.15, -0.1) is 0 Å². The van der Waals surface area contributed by atoms with Crippen LogP contribution in [-0.4, -0.2) is 25.0 Å². The van der Waals surface area contributed by atoms with Gasteiger partial charge in [-0.2, -0.15) is 11.3 Å². The number of hydrogen-bond acceptors (Lipinski definition) is 3. The maximum atomic E-state index is 5.90. The van der Waals surface area contributed by atoms with E-state index in [9.17, 15) is 0 Å². The molecule has 2 nitrogen and oxygen atoms in total. The van der Waals surface area contributed by atoms with Gasteiger partial charge in [0, 0.05) is 19.1 Å². The monoisotopic (exact) mass is 238 g/mol. The maximum absolute atomic E-state index is 5.90. The zero-order valence-corrected chi connectivity index (χ0v) is 10.9. The number of likely N-dealkylation sites (N-methyl/N-ethyl adjacent to an activating group) is 1. The highest BCUT2D eigenvalue weighted by molar-refractivity contribution is 7.07. The lowest BCUT2D eigenvalue weighted by Gasteiger charge is -2.28. The molecule has 1 fully saturated rings. The fourth-order valence-electron chi connectivity index (χ4n) is 2.76. The molecule has 16 heavy (non-hydrogen) atoms. The van der Waals surface area contributed by atoms with Gasteiger partial charge in [0.05, 0.1) is 0 Å². The van der Waals surface area contributed by atoms with Crippen LogP contribution in [0.2, 0.25) is 0 Å². The van der Waals surface area contributed by atoms with Crippen molar-refractivity contribution in [2.75, 3.05) is 20.1 Å². The number of hydrogen-bond donors (Lipinski definition) is 1. The molecule has 0 spiro atoms. The van der Waals surface area contributed by atoms with Gasteiger partial charge in [0.2, 0.25) is 0 Å². The van der Waals surface area contributed by atoms with Crippen molar-refractivity contribution in [2.45, 2.75) is 31.7 Å². The van der Waals surface area contributed by atoms with E-state index < -0.39 is 0 Å². The third-order valence-electron chi connectivity index (χ3n) is 3.70. The van der Waals surface area contributed by atoms with Gasteiger partial charge in [-0.1, -0.05) is 12.8 Å². The lowest BCUT2D eigenvalue weighted by Crippen LogP contribution is -2.33. The van der Waals surface area contributed by atoms with Crippen molar-refractivity contribution in [3.63, 3.8) is 0 Å². The summed E-state index contributed by atoms with van der Waals surface area (Å²) in [4.78, 5) is 2.44. The summed E-state index contributed by atoms with van der Waals surface area (Å²) in [5.74, 6) is 0.901. The van der Waals surface area contributed by atoms with E-state index >= 15 is 0 Å². The van der Waals surface area contributed by atoms with E-state index in [-0.39, 0.29) is 0 Å². The lowest BCUT2D eigenvalue weighted by atomic mass is 10.0. The standard InChI is InChI=1S/C13H22N2S/c1-15(9-11-4-2-3-5-11)13(8-14)12-6-7-16-10-12/h6-7,10-11,13H,2-5,8-9,14H2,1H3. The first-order valence-corrected chi connectivity index (χ1v) is 7.18. The van der Waals surface area contributed by atoms with Gasteiger partial charge in [-0.05, 0) is 48.2 Å². The third kappa shape index (κ3) is 2.84. The van der Waals surface area contributed by atoms with Gasteiger partial charge in [-0.25, -0.2) is 0 Å². The molecule has 0 amide bonds. The minimum Gasteiger partial charge on any atom is -0.329 e. The first-order chi connectivity index (χ1) is 7.81. The smallest absolute Gasteiger partial charge is 0.0475 e. The summed E-state index contributed by atoms with van der Waals surface area (Å²) in [5, 5.41) is 4.37. The number of nitrogens with zero attached hydrogens (tertiary/aromatic N) is 1. The molecule has 0 aromatic carbocycles. The van der Waals surface area contributed by atoms with Crippen LogP contribution in [0.1, 0.15) is 37.3 Å². The molecule has 1 aliphatic carbocycles. The van der Waals surface area contributed by atoms with Crippen LogP contribution >= 0.6 is 11.3 Å². The normalized spacial score (nSPS) is 19.4. The van der Waals surface area contributed by atoms with Crippen molar-refractivity contribution >= 4 is 11.3 Å². The fraction of sp³-hybridized carbons (Fsp3) is 0.692. The highest BCUT2D eigenvalue weighted by Crippen LogP contribution is 2.28. The molecule has 1 aliphatic rings. The Hall–Kier alpha value is -0.380. The lowest BCUT2D eigenvalue weighted by molar-refractivity contribution is 0.213. The summed E-state index contributed by atoms with van der Waals surface area (Å²) in [7, 11) is 2.22. The highest BCUT2D eigenvalue weighted by Gasteiger charge is 2.21. The van der Waals surface area contributed by atoms with Crippen LogP contribution in [0.4, 0.5) is 0 Å². The molecular weight excluding hydrogens is 216 g/mol. The van der Waals surface area contributed by atoms with Crippen LogP contribution in [-0.2, 0) is 0 Å². The summed E-state index contributed by atoms with van der Waals surface area (Å²) >= 11 is 1.76. The van der Waals surface area contributed by atoms with Crippen molar-refractivity contribution in [1.82, 2.24) is 4.90 Å². The van der Waals surface area contributed by atoms with E-state index in [1.54, 1.807) is 11.3 Å². The summed E-state index contributed by atoms with van der Waals surface area (Å²) in [5.41, 5.74) is 7.28. The second kappa shape index (κ2) is 5.80. The van der Waals surface area contributed by atoms with E-state index in [4.69, 9.17) is 5.73 Å². The third-order valence-corrected chi connectivity index (χ3v) is 4.41. The van der Waals surface area contributed by atoms with Crippen LogP contribution in [0.5, 0.6) is 0 Å². The molecule has 1 atom stereocenters. The Balaban J connectivity index is 1.93. The van der Waals surface area contributed by atoms with E-state index in [1.165, 1.54) is 37.8 Å². The van der Waals surface area contributed by atoms with Crippen LogP contribution < -0.4 is 5.73 Å². The molecule has 1 heterocycles. The molecule has 0 bridgehead atoms. The van der Waals surface area contributed by atoms with E-state index in [0.29, 0.717) is 6.04 Å². The Morgan fingerprint density at radius 1 is 1.50 bits per heavy atom. The molecule has 1 aromatic heterocycles. The predicted molar refractivity (Wildman–Crippen MR) is 70.7 cm³/mol. The molecule has 1 unspecified atom stereocenters. The van der Waals surface area contributed by atoms with Crippen LogP contribution in [0.3, 0.4) is 0 Å². The van der Waals surface area contributed by atoms with Gasteiger partial charge >= 0.3 is 0 Å². The Labute approximate surface area is 102 Å². The van der Waals surface area contributed by atoms with Gasteiger partial charge in [-0.3, -0.25) is 4.90 Å². The van der Waals surface area contributed by atoms with E-state index in [1.807, 2.05) is 0 Å². The number of nitrogens with two attached hydrogens (primary N) is 1. The van der Waals surface area contributed by atoms with Crippen molar-refractivity contribution in [1.29, 1.82) is 0 Å². The highest BCUT2D eigenvalue weighted by atomic mass is 32.1. The zero-order valence-electron chi connectivity index (χ0n) is 10.1. The summed E-state index contributed by atoms with van der Waals surface area (Å²) in [6.45, 7) is 1.93. The average Bonchev–Trinajstić information content (AvgIpc) is 2.91. The largest absolute Gasteiger partial charge is 0.329 e. The fourth-order valence-corrected chi connectivity index (χ4v) is 3.47. The quantitative estimate of drug-likeness (QED) is 0.854. The van der Waals surface area contributed by atoms with Gasteiger partial charge in [0.1, 0.15) is 0 Å². The van der Waals surface area contributed by atoms with Crippen LogP contribution in [0.15, 0.2) is 16.8 Å².